The maximum absolute atomic E-state index is 10.6. The molecule has 1 fully saturated rings. The quantitative estimate of drug-likeness (QED) is 0.844. The van der Waals surface area contributed by atoms with Crippen LogP contribution >= 0.6 is 0 Å². The molecule has 6 heteroatoms. The number of hydrogen-bond acceptors (Lipinski definition) is 5. The van der Waals surface area contributed by atoms with Crippen molar-refractivity contribution in [3.05, 3.63) is 18.1 Å². The van der Waals surface area contributed by atoms with Crippen molar-refractivity contribution in [3.63, 3.8) is 0 Å². The molecule has 1 aliphatic rings. The molecular formula is C12H17N3O3. The van der Waals surface area contributed by atoms with E-state index in [4.69, 9.17) is 9.84 Å². The second-order valence-electron chi connectivity index (χ2n) is 4.45. The predicted octanol–water partition coefficient (Wildman–Crippen LogP) is 1.54. The average Bonchev–Trinajstić information content (AvgIpc) is 2.40. The average molecular weight is 251 g/mol. The predicted molar refractivity (Wildman–Crippen MR) is 65.7 cm³/mol. The lowest BCUT2D eigenvalue weighted by molar-refractivity contribution is 0.0679. The molecule has 0 unspecified atom stereocenters. The number of ether oxygens (including phenoxy) is 1. The van der Waals surface area contributed by atoms with Gasteiger partial charge in [-0.2, -0.15) is 0 Å². The first-order valence-corrected chi connectivity index (χ1v) is 6.03. The highest BCUT2D eigenvalue weighted by Gasteiger charge is 2.20. The van der Waals surface area contributed by atoms with E-state index in [2.05, 4.69) is 15.3 Å². The molecule has 98 valence electrons. The maximum atomic E-state index is 10.6. The molecule has 6 nitrogen and oxygen atoms in total. The zero-order chi connectivity index (χ0) is 13.0. The highest BCUT2D eigenvalue weighted by atomic mass is 16.5. The molecule has 0 aliphatic heterocycles. The number of carbonyl (C=O) groups is 1. The molecule has 1 aliphatic carbocycles. The number of carboxylic acid groups (broad SMARTS) is 1. The van der Waals surface area contributed by atoms with Crippen molar-refractivity contribution in [3.8, 4) is 0 Å². The van der Waals surface area contributed by atoms with Crippen molar-refractivity contribution < 1.29 is 14.6 Å². The van der Waals surface area contributed by atoms with Gasteiger partial charge in [0.2, 0.25) is 0 Å². The lowest BCUT2D eigenvalue weighted by atomic mass is 9.93. The van der Waals surface area contributed by atoms with E-state index in [-0.39, 0.29) is 5.69 Å². The number of rotatable bonds is 4. The molecule has 0 atom stereocenters. The van der Waals surface area contributed by atoms with Gasteiger partial charge in [0.15, 0.2) is 5.69 Å². The fourth-order valence-corrected chi connectivity index (χ4v) is 2.17. The minimum atomic E-state index is -1.06. The van der Waals surface area contributed by atoms with Crippen LogP contribution < -0.4 is 5.32 Å². The number of anilines is 1. The number of hydrogen-bond donors (Lipinski definition) is 2. The summed E-state index contributed by atoms with van der Waals surface area (Å²) in [5, 5.41) is 12.0. The Hall–Kier alpha value is -1.69. The van der Waals surface area contributed by atoms with E-state index in [0.29, 0.717) is 18.0 Å². The van der Waals surface area contributed by atoms with Gasteiger partial charge < -0.3 is 15.2 Å². The van der Waals surface area contributed by atoms with Crippen molar-refractivity contribution in [2.24, 2.45) is 0 Å². The van der Waals surface area contributed by atoms with Gasteiger partial charge in [0, 0.05) is 13.2 Å². The number of nitrogens with one attached hydrogen (secondary N) is 1. The standard InChI is InChI=1S/C12H17N3O3/c1-18-9-4-2-8(3-5-9)15-11-7-13-10(6-14-11)12(16)17/h6-9H,2-5H2,1H3,(H,14,15)(H,16,17). The Kier molecular flexibility index (Phi) is 4.09. The van der Waals surface area contributed by atoms with Crippen LogP contribution in [-0.4, -0.2) is 40.3 Å². The monoisotopic (exact) mass is 251 g/mol. The smallest absolute Gasteiger partial charge is 0.356 e. The van der Waals surface area contributed by atoms with Crippen molar-refractivity contribution >= 4 is 11.8 Å². The normalized spacial score (nSPS) is 23.6. The zero-order valence-corrected chi connectivity index (χ0v) is 10.3. The Morgan fingerprint density at radius 1 is 1.33 bits per heavy atom. The van der Waals surface area contributed by atoms with Crippen LogP contribution in [0.1, 0.15) is 36.2 Å². The first kappa shape index (κ1) is 12.8. The summed E-state index contributed by atoms with van der Waals surface area (Å²) >= 11 is 0. The molecule has 0 amide bonds. The minimum absolute atomic E-state index is 0.0383. The molecule has 0 radical (unpaired) electrons. The molecule has 0 saturated heterocycles. The number of aromatic carboxylic acids is 1. The fourth-order valence-electron chi connectivity index (χ4n) is 2.17. The Morgan fingerprint density at radius 2 is 2.06 bits per heavy atom. The van der Waals surface area contributed by atoms with E-state index in [1.165, 1.54) is 12.4 Å². The van der Waals surface area contributed by atoms with Crippen LogP contribution in [-0.2, 0) is 4.74 Å². The Balaban J connectivity index is 1.88. The van der Waals surface area contributed by atoms with E-state index in [0.717, 1.165) is 25.7 Å². The van der Waals surface area contributed by atoms with Crippen LogP contribution in [0.4, 0.5) is 5.82 Å². The van der Waals surface area contributed by atoms with Crippen LogP contribution in [0.5, 0.6) is 0 Å². The van der Waals surface area contributed by atoms with E-state index >= 15 is 0 Å². The number of methoxy groups -OCH3 is 1. The van der Waals surface area contributed by atoms with E-state index in [1.54, 1.807) is 7.11 Å². The van der Waals surface area contributed by atoms with Gasteiger partial charge >= 0.3 is 5.97 Å². The topological polar surface area (TPSA) is 84.3 Å². The molecule has 1 heterocycles. The van der Waals surface area contributed by atoms with Crippen LogP contribution in [0.3, 0.4) is 0 Å². The van der Waals surface area contributed by atoms with Crippen LogP contribution in [0.25, 0.3) is 0 Å². The summed E-state index contributed by atoms with van der Waals surface area (Å²) in [5.41, 5.74) is -0.0383. The largest absolute Gasteiger partial charge is 0.476 e. The summed E-state index contributed by atoms with van der Waals surface area (Å²) in [6.45, 7) is 0. The van der Waals surface area contributed by atoms with E-state index in [9.17, 15) is 4.79 Å². The third-order valence-electron chi connectivity index (χ3n) is 3.23. The minimum Gasteiger partial charge on any atom is -0.476 e. The molecule has 1 aromatic heterocycles. The van der Waals surface area contributed by atoms with Gasteiger partial charge in [-0.25, -0.2) is 14.8 Å². The summed E-state index contributed by atoms with van der Waals surface area (Å²) in [7, 11) is 1.74. The van der Waals surface area contributed by atoms with Gasteiger partial charge in [-0.15, -0.1) is 0 Å². The first-order valence-electron chi connectivity index (χ1n) is 6.03. The fraction of sp³-hybridized carbons (Fsp3) is 0.583. The lowest BCUT2D eigenvalue weighted by Gasteiger charge is -2.28. The van der Waals surface area contributed by atoms with Crippen molar-refractivity contribution in [2.45, 2.75) is 37.8 Å². The van der Waals surface area contributed by atoms with Crippen LogP contribution in [0, 0.1) is 0 Å². The summed E-state index contributed by atoms with van der Waals surface area (Å²) in [6.07, 6.45) is 7.23. The first-order chi connectivity index (χ1) is 8.69. The van der Waals surface area contributed by atoms with Crippen molar-refractivity contribution in [1.29, 1.82) is 0 Å². The van der Waals surface area contributed by atoms with Gasteiger partial charge in [-0.3, -0.25) is 0 Å². The SMILES string of the molecule is COC1CCC(Nc2cnc(C(=O)O)cn2)CC1. The molecule has 0 spiro atoms. The van der Waals surface area contributed by atoms with Gasteiger partial charge in [-0.05, 0) is 25.7 Å². The van der Waals surface area contributed by atoms with E-state index in [1.807, 2.05) is 0 Å². The third kappa shape index (κ3) is 3.16. The second-order valence-corrected chi connectivity index (χ2v) is 4.45. The van der Waals surface area contributed by atoms with Crippen LogP contribution in [0.15, 0.2) is 12.4 Å². The number of aromatic nitrogens is 2. The summed E-state index contributed by atoms with van der Waals surface area (Å²) in [5.74, 6) is -0.435. The third-order valence-corrected chi connectivity index (χ3v) is 3.23. The molecule has 0 aromatic carbocycles. The highest BCUT2D eigenvalue weighted by Crippen LogP contribution is 2.22. The highest BCUT2D eigenvalue weighted by molar-refractivity contribution is 5.84. The summed E-state index contributed by atoms with van der Waals surface area (Å²) in [6, 6.07) is 0.362. The summed E-state index contributed by atoms with van der Waals surface area (Å²) in [4.78, 5) is 18.5. The van der Waals surface area contributed by atoms with Gasteiger partial charge in [0.05, 0.1) is 18.5 Å². The van der Waals surface area contributed by atoms with Gasteiger partial charge in [0.1, 0.15) is 5.82 Å². The maximum Gasteiger partial charge on any atom is 0.356 e. The molecule has 1 saturated carbocycles. The lowest BCUT2D eigenvalue weighted by Crippen LogP contribution is -2.29. The van der Waals surface area contributed by atoms with Crippen molar-refractivity contribution in [1.82, 2.24) is 9.97 Å². The molecule has 0 bridgehead atoms. The number of carboxylic acids is 1. The molecule has 2 rings (SSSR count). The van der Waals surface area contributed by atoms with E-state index < -0.39 is 5.97 Å². The van der Waals surface area contributed by atoms with Crippen molar-refractivity contribution in [2.75, 3.05) is 12.4 Å². The van der Waals surface area contributed by atoms with Gasteiger partial charge in [0.25, 0.3) is 0 Å². The van der Waals surface area contributed by atoms with Crippen LogP contribution in [0.2, 0.25) is 0 Å². The Morgan fingerprint density at radius 3 is 2.56 bits per heavy atom. The zero-order valence-electron chi connectivity index (χ0n) is 10.3. The summed E-state index contributed by atoms with van der Waals surface area (Å²) < 4.78 is 5.31. The Bertz CT molecular complexity index is 400. The number of nitrogens with zero attached hydrogens (tertiary/aromatic N) is 2. The molecule has 1 aromatic rings. The molecule has 18 heavy (non-hydrogen) atoms. The van der Waals surface area contributed by atoms with Gasteiger partial charge in [-0.1, -0.05) is 0 Å². The Labute approximate surface area is 105 Å². The molecule has 2 N–H and O–H groups in total. The molecular weight excluding hydrogens is 234 g/mol. The second kappa shape index (κ2) is 5.77.